The number of aryl methyl sites for hydroxylation is 1. The number of nitrogens with zero attached hydrogens (tertiary/aromatic N) is 4. The maximum atomic E-state index is 12.5. The number of aromatic nitrogens is 1. The largest absolute Gasteiger partial charge is 0.493 e. The van der Waals surface area contributed by atoms with Gasteiger partial charge in [0.2, 0.25) is 5.88 Å². The Morgan fingerprint density at radius 1 is 1.03 bits per heavy atom. The maximum Gasteiger partial charge on any atom is 0.299 e. The van der Waals surface area contributed by atoms with Crippen LogP contribution < -0.4 is 0 Å². The molecule has 29 heavy (non-hydrogen) atoms. The highest BCUT2D eigenvalue weighted by Gasteiger charge is 2.19. The van der Waals surface area contributed by atoms with E-state index in [0.717, 1.165) is 30.7 Å². The fourth-order valence-corrected chi connectivity index (χ4v) is 3.99. The fraction of sp³-hybridized carbons (Fsp3) is 0.333. The molecule has 0 unspecified atom stereocenters. The van der Waals surface area contributed by atoms with Crippen molar-refractivity contribution in [1.82, 2.24) is 9.47 Å². The molecule has 0 saturated carbocycles. The molecule has 1 heterocycles. The lowest BCUT2D eigenvalue weighted by atomic mass is 10.2. The van der Waals surface area contributed by atoms with Crippen molar-refractivity contribution >= 4 is 26.6 Å². The average Bonchev–Trinajstić information content (AvgIpc) is 2.99. The summed E-state index contributed by atoms with van der Waals surface area (Å²) in [4.78, 5) is 2.31. The Labute approximate surface area is 171 Å². The molecule has 7 nitrogen and oxygen atoms in total. The zero-order valence-corrected chi connectivity index (χ0v) is 17.7. The number of aromatic hydroxyl groups is 1. The molecule has 8 heteroatoms. The van der Waals surface area contributed by atoms with Gasteiger partial charge in [-0.15, -0.1) is 5.11 Å². The highest BCUT2D eigenvalue weighted by molar-refractivity contribution is 7.90. The number of hydrogen-bond acceptors (Lipinski definition) is 5. The van der Waals surface area contributed by atoms with Crippen molar-refractivity contribution in [2.45, 2.75) is 32.2 Å². The van der Waals surface area contributed by atoms with Gasteiger partial charge in [-0.1, -0.05) is 54.3 Å². The molecule has 1 N–H and O–H groups in total. The second-order valence-corrected chi connectivity index (χ2v) is 8.42. The van der Waals surface area contributed by atoms with Crippen molar-refractivity contribution in [1.29, 1.82) is 0 Å². The van der Waals surface area contributed by atoms with E-state index in [4.69, 9.17) is 0 Å². The summed E-state index contributed by atoms with van der Waals surface area (Å²) in [5, 5.41) is 15.4. The summed E-state index contributed by atoms with van der Waals surface area (Å²) in [5.41, 5.74) is 1.91. The third kappa shape index (κ3) is 4.49. The van der Waals surface area contributed by atoms with Gasteiger partial charge in [-0.2, -0.15) is 8.42 Å². The minimum Gasteiger partial charge on any atom is -0.493 e. The summed E-state index contributed by atoms with van der Waals surface area (Å²) in [7, 11) is -3.96. The Morgan fingerprint density at radius 2 is 1.69 bits per heavy atom. The third-order valence-corrected chi connectivity index (χ3v) is 6.18. The monoisotopic (exact) mass is 414 g/mol. The first-order valence-electron chi connectivity index (χ1n) is 9.64. The number of para-hydroxylation sites is 1. The van der Waals surface area contributed by atoms with E-state index in [0.29, 0.717) is 11.9 Å². The first-order chi connectivity index (χ1) is 13.9. The lowest BCUT2D eigenvalue weighted by Gasteiger charge is -2.18. The van der Waals surface area contributed by atoms with Gasteiger partial charge in [0.15, 0.2) is 5.69 Å². The highest BCUT2D eigenvalue weighted by atomic mass is 32.2. The molecule has 3 aromatic rings. The Hall–Kier alpha value is -2.71. The summed E-state index contributed by atoms with van der Waals surface area (Å²) in [6.07, 6.45) is 0. The molecule has 0 atom stereocenters. The van der Waals surface area contributed by atoms with E-state index in [1.165, 1.54) is 12.1 Å². The van der Waals surface area contributed by atoms with Crippen molar-refractivity contribution in [2.24, 2.45) is 9.63 Å². The highest BCUT2D eigenvalue weighted by Crippen LogP contribution is 2.39. The standard InChI is InChI=1S/C21H26N4O3S/c1-4-24(5-2)14-15-25-19-9-7-6-8-18(19)20(21(25)26)22-23-29(27,28)17-12-10-16(3)11-13-17/h6-13,26H,4-5,14-15H2,1-3H3. The van der Waals surface area contributed by atoms with Crippen LogP contribution in [-0.2, 0) is 16.6 Å². The molecular weight excluding hydrogens is 388 g/mol. The van der Waals surface area contributed by atoms with Gasteiger partial charge in [-0.05, 0) is 38.2 Å². The lowest BCUT2D eigenvalue weighted by Crippen LogP contribution is -2.26. The quantitative estimate of drug-likeness (QED) is 0.551. The fourth-order valence-electron chi connectivity index (χ4n) is 3.23. The molecule has 1 aromatic heterocycles. The molecule has 0 amide bonds. The number of likely N-dealkylation sites (N-methyl/N-ethyl adjacent to an activating group) is 1. The van der Waals surface area contributed by atoms with Gasteiger partial charge in [0.1, 0.15) is 0 Å². The van der Waals surface area contributed by atoms with Crippen molar-refractivity contribution in [3.63, 3.8) is 0 Å². The number of hydrogen-bond donors (Lipinski definition) is 1. The molecule has 0 aliphatic carbocycles. The van der Waals surface area contributed by atoms with Crippen molar-refractivity contribution in [3.8, 4) is 5.88 Å². The SMILES string of the molecule is CCN(CC)CCn1c(O)c(N=NS(=O)(=O)c2ccc(C)cc2)c2ccccc21. The van der Waals surface area contributed by atoms with Gasteiger partial charge in [0, 0.05) is 18.5 Å². The van der Waals surface area contributed by atoms with Gasteiger partial charge >= 0.3 is 0 Å². The molecule has 0 aliphatic rings. The van der Waals surface area contributed by atoms with E-state index in [2.05, 4.69) is 28.4 Å². The first kappa shape index (κ1) is 21.0. The summed E-state index contributed by atoms with van der Waals surface area (Å²) in [6.45, 7) is 9.21. The number of sulfonamides is 1. The summed E-state index contributed by atoms with van der Waals surface area (Å²) >= 11 is 0. The number of benzene rings is 2. The summed E-state index contributed by atoms with van der Waals surface area (Å²) < 4.78 is 30.4. The van der Waals surface area contributed by atoms with Crippen molar-refractivity contribution in [2.75, 3.05) is 19.6 Å². The van der Waals surface area contributed by atoms with E-state index in [9.17, 15) is 13.5 Å². The number of rotatable bonds is 8. The number of fused-ring (bicyclic) bond motifs is 1. The van der Waals surface area contributed by atoms with Crippen molar-refractivity contribution in [3.05, 3.63) is 54.1 Å². The van der Waals surface area contributed by atoms with Crippen LogP contribution in [0.5, 0.6) is 5.88 Å². The Morgan fingerprint density at radius 3 is 2.34 bits per heavy atom. The Balaban J connectivity index is 1.98. The molecule has 0 aliphatic heterocycles. The zero-order valence-electron chi connectivity index (χ0n) is 16.9. The normalized spacial score (nSPS) is 12.4. The Kier molecular flexibility index (Phi) is 6.34. The van der Waals surface area contributed by atoms with Gasteiger partial charge in [-0.25, -0.2) is 0 Å². The van der Waals surface area contributed by atoms with Crippen molar-refractivity contribution < 1.29 is 13.5 Å². The van der Waals surface area contributed by atoms with Gasteiger partial charge in [0.05, 0.1) is 10.4 Å². The van der Waals surface area contributed by atoms with Crippen LogP contribution in [0.4, 0.5) is 5.69 Å². The molecule has 154 valence electrons. The lowest BCUT2D eigenvalue weighted by molar-refractivity contribution is 0.285. The van der Waals surface area contributed by atoms with Crippen LogP contribution in [0.15, 0.2) is 63.1 Å². The molecule has 0 spiro atoms. The topological polar surface area (TPSA) is 87.3 Å². The van der Waals surface area contributed by atoms with Gasteiger partial charge in [-0.3, -0.25) is 0 Å². The van der Waals surface area contributed by atoms with Crippen LogP contribution in [0.3, 0.4) is 0 Å². The van der Waals surface area contributed by atoms with E-state index in [-0.39, 0.29) is 16.5 Å². The second kappa shape index (κ2) is 8.75. The van der Waals surface area contributed by atoms with E-state index in [1.54, 1.807) is 22.8 Å². The first-order valence-corrected chi connectivity index (χ1v) is 11.1. The van der Waals surface area contributed by atoms with Gasteiger partial charge in [0.25, 0.3) is 10.0 Å². The molecule has 0 fully saturated rings. The van der Waals surface area contributed by atoms with E-state index in [1.807, 2.05) is 25.1 Å². The molecule has 0 bridgehead atoms. The molecule has 0 radical (unpaired) electrons. The molecule has 2 aromatic carbocycles. The molecule has 3 rings (SSSR count). The molecule has 0 saturated heterocycles. The van der Waals surface area contributed by atoms with Crippen LogP contribution in [0.25, 0.3) is 10.9 Å². The zero-order chi connectivity index (χ0) is 21.0. The van der Waals surface area contributed by atoms with Crippen LogP contribution >= 0.6 is 0 Å². The second-order valence-electron chi connectivity index (χ2n) is 6.84. The minimum absolute atomic E-state index is 0.0663. The van der Waals surface area contributed by atoms with Crippen LogP contribution in [-0.4, -0.2) is 42.6 Å². The van der Waals surface area contributed by atoms with E-state index < -0.39 is 10.0 Å². The van der Waals surface area contributed by atoms with E-state index >= 15 is 0 Å². The third-order valence-electron chi connectivity index (χ3n) is 5.02. The van der Waals surface area contributed by atoms with Crippen LogP contribution in [0.1, 0.15) is 19.4 Å². The minimum atomic E-state index is -3.96. The maximum absolute atomic E-state index is 12.5. The van der Waals surface area contributed by atoms with Crippen LogP contribution in [0.2, 0.25) is 0 Å². The average molecular weight is 415 g/mol. The van der Waals surface area contributed by atoms with Crippen LogP contribution in [0, 0.1) is 6.92 Å². The molecular formula is C21H26N4O3S. The predicted octanol–water partition coefficient (Wildman–Crippen LogP) is 4.47. The Bertz CT molecular complexity index is 1110. The smallest absolute Gasteiger partial charge is 0.299 e. The van der Waals surface area contributed by atoms with Gasteiger partial charge < -0.3 is 14.6 Å². The predicted molar refractivity (Wildman–Crippen MR) is 114 cm³/mol. The summed E-state index contributed by atoms with van der Waals surface area (Å²) in [6, 6.07) is 13.8. The summed E-state index contributed by atoms with van der Waals surface area (Å²) in [5.74, 6) is -0.0822.